The summed E-state index contributed by atoms with van der Waals surface area (Å²) in [5, 5.41) is 5.10. The van der Waals surface area contributed by atoms with Crippen molar-refractivity contribution in [1.29, 1.82) is 0 Å². The maximum absolute atomic E-state index is 5.99. The van der Waals surface area contributed by atoms with Crippen LogP contribution < -0.4 is 0 Å². The molecule has 0 aliphatic rings. The largest absolute Gasteiger partial charge is 0.353 e. The molecule has 14 aromatic rings. The third-order valence-electron chi connectivity index (χ3n) is 11.7. The lowest BCUT2D eigenvalue weighted by atomic mass is 10.1. The van der Waals surface area contributed by atoms with Crippen LogP contribution in [0.2, 0.25) is 5.28 Å². The van der Waals surface area contributed by atoms with Gasteiger partial charge in [0.05, 0.1) is 48.0 Å². The number of hydrogen-bond donors (Lipinski definition) is 1. The number of hydrogen-bond acceptors (Lipinski definition) is 10. The van der Waals surface area contributed by atoms with E-state index in [4.69, 9.17) is 26.6 Å². The van der Waals surface area contributed by atoms with E-state index >= 15 is 0 Å². The van der Waals surface area contributed by atoms with Crippen LogP contribution in [-0.2, 0) is 0 Å². The molecule has 328 valence electrons. The van der Waals surface area contributed by atoms with Gasteiger partial charge in [0.25, 0.3) is 0 Å². The number of fused-ring (bicyclic) bond motifs is 10. The molecular weight excluding hydrogens is 912 g/mol. The highest BCUT2D eigenvalue weighted by Gasteiger charge is 2.20. The van der Waals surface area contributed by atoms with Gasteiger partial charge < -0.3 is 4.98 Å². The van der Waals surface area contributed by atoms with Crippen molar-refractivity contribution in [3.8, 4) is 51.5 Å². The molecule has 0 amide bonds. The van der Waals surface area contributed by atoms with Crippen LogP contribution in [0, 0.1) is 0 Å². The molecule has 0 spiro atoms. The predicted molar refractivity (Wildman–Crippen MR) is 283 cm³/mol. The summed E-state index contributed by atoms with van der Waals surface area (Å²) in [5.41, 5.74) is 14.1. The van der Waals surface area contributed by atoms with Gasteiger partial charge in [-0.15, -0.1) is 22.7 Å². The zero-order valence-electron chi connectivity index (χ0n) is 36.3. The van der Waals surface area contributed by atoms with Gasteiger partial charge in [-0.25, -0.2) is 19.9 Å². The van der Waals surface area contributed by atoms with E-state index in [0.717, 1.165) is 59.8 Å². The van der Waals surface area contributed by atoms with Crippen molar-refractivity contribution in [1.82, 2.24) is 49.4 Å². The first-order valence-electron chi connectivity index (χ1n) is 22.0. The fourth-order valence-electron chi connectivity index (χ4n) is 8.50. The standard InChI is InChI=1S/C28H17N5S.C15H10ClN3.C13H8N2S/c1-3-9-18(10-4-1)26-30-27(19-11-5-2-6-12-19)32-28(31-26)33-23-14-8-7-13-20(23)21-15-16-22-25(24(21)33)34-17-29-22;16-15-18-13(11-7-3-1-4-8-11)17-14(19-15)12-9-5-2-6-10-12;1-2-4-10-8(3-1)9-5-6-11-13(12(9)15-10)16-7-14-11/h1-17H;1-10H;1-7,15H. The Hall–Kier alpha value is -8.55. The second kappa shape index (κ2) is 18.3. The van der Waals surface area contributed by atoms with E-state index in [2.05, 4.69) is 107 Å². The molecule has 0 atom stereocenters. The number of benzene rings is 8. The first-order chi connectivity index (χ1) is 34.1. The molecule has 1 N–H and O–H groups in total. The van der Waals surface area contributed by atoms with Crippen molar-refractivity contribution < 1.29 is 0 Å². The molecule has 69 heavy (non-hydrogen) atoms. The molecule has 6 heterocycles. The Morgan fingerprint density at radius 3 is 1.41 bits per heavy atom. The van der Waals surface area contributed by atoms with Gasteiger partial charge in [-0.2, -0.15) is 19.9 Å². The third kappa shape index (κ3) is 8.12. The van der Waals surface area contributed by atoms with E-state index in [1.165, 1.54) is 26.5 Å². The van der Waals surface area contributed by atoms with Crippen LogP contribution in [0.15, 0.2) is 205 Å². The van der Waals surface area contributed by atoms with Gasteiger partial charge >= 0.3 is 0 Å². The second-order valence-electron chi connectivity index (χ2n) is 15.9. The lowest BCUT2D eigenvalue weighted by Gasteiger charge is -2.11. The van der Waals surface area contributed by atoms with Crippen LogP contribution in [0.5, 0.6) is 0 Å². The zero-order valence-corrected chi connectivity index (χ0v) is 38.7. The van der Waals surface area contributed by atoms with Crippen molar-refractivity contribution in [2.24, 2.45) is 0 Å². The number of para-hydroxylation sites is 2. The van der Waals surface area contributed by atoms with Gasteiger partial charge in [-0.1, -0.05) is 158 Å². The first kappa shape index (κ1) is 41.9. The third-order valence-corrected chi connectivity index (χ3v) is 13.5. The lowest BCUT2D eigenvalue weighted by Crippen LogP contribution is -2.06. The number of nitrogens with zero attached hydrogens (tertiary/aromatic N) is 9. The van der Waals surface area contributed by atoms with Crippen molar-refractivity contribution in [3.63, 3.8) is 0 Å². The minimum absolute atomic E-state index is 0.202. The molecule has 0 saturated heterocycles. The summed E-state index contributed by atoms with van der Waals surface area (Å²) in [4.78, 5) is 40.0. The molecular formula is C56H35ClN10S2. The van der Waals surface area contributed by atoms with Crippen LogP contribution in [0.1, 0.15) is 0 Å². The molecule has 8 aromatic carbocycles. The Balaban J connectivity index is 0.000000118. The molecule has 14 rings (SSSR count). The van der Waals surface area contributed by atoms with Gasteiger partial charge in [0.1, 0.15) is 0 Å². The monoisotopic (exact) mass is 946 g/mol. The quantitative estimate of drug-likeness (QED) is 0.181. The number of aromatic nitrogens is 10. The lowest BCUT2D eigenvalue weighted by molar-refractivity contribution is 0.955. The van der Waals surface area contributed by atoms with Gasteiger partial charge in [0.2, 0.25) is 11.2 Å². The summed E-state index contributed by atoms with van der Waals surface area (Å²) >= 11 is 9.32. The number of aromatic amines is 1. The fourth-order valence-corrected chi connectivity index (χ4v) is 10.3. The van der Waals surface area contributed by atoms with Crippen LogP contribution in [0.4, 0.5) is 0 Å². The summed E-state index contributed by atoms with van der Waals surface area (Å²) in [6, 6.07) is 64.8. The van der Waals surface area contributed by atoms with Crippen molar-refractivity contribution in [2.75, 3.05) is 0 Å². The molecule has 0 aliphatic heterocycles. The van der Waals surface area contributed by atoms with Crippen LogP contribution in [0.25, 0.3) is 116 Å². The molecule has 6 aromatic heterocycles. The molecule has 0 fully saturated rings. The number of H-pyrrole nitrogens is 1. The van der Waals surface area contributed by atoms with E-state index in [-0.39, 0.29) is 5.28 Å². The Morgan fingerprint density at radius 2 is 0.841 bits per heavy atom. The van der Waals surface area contributed by atoms with E-state index < -0.39 is 0 Å². The minimum Gasteiger partial charge on any atom is -0.353 e. The van der Waals surface area contributed by atoms with Crippen molar-refractivity contribution in [3.05, 3.63) is 210 Å². The number of rotatable bonds is 5. The van der Waals surface area contributed by atoms with E-state index in [9.17, 15) is 0 Å². The number of halogens is 1. The van der Waals surface area contributed by atoms with E-state index in [1.807, 2.05) is 132 Å². The summed E-state index contributed by atoms with van der Waals surface area (Å²) in [6.45, 7) is 0. The average Bonchev–Trinajstić information content (AvgIpc) is 4.24. The molecule has 0 saturated carbocycles. The van der Waals surface area contributed by atoms with Gasteiger partial charge in [-0.3, -0.25) is 4.57 Å². The average molecular weight is 948 g/mol. The highest BCUT2D eigenvalue weighted by molar-refractivity contribution is 7.18. The van der Waals surface area contributed by atoms with Gasteiger partial charge in [0, 0.05) is 49.3 Å². The highest BCUT2D eigenvalue weighted by Crippen LogP contribution is 2.38. The Kier molecular flexibility index (Phi) is 11.1. The van der Waals surface area contributed by atoms with Crippen LogP contribution in [0.3, 0.4) is 0 Å². The Morgan fingerprint density at radius 1 is 0.391 bits per heavy atom. The Bertz CT molecular complexity index is 3990. The smallest absolute Gasteiger partial charge is 0.238 e. The topological polar surface area (TPSA) is 124 Å². The molecule has 10 nitrogen and oxygen atoms in total. The normalized spacial score (nSPS) is 11.3. The van der Waals surface area contributed by atoms with E-state index in [0.29, 0.717) is 29.2 Å². The predicted octanol–water partition coefficient (Wildman–Crippen LogP) is 14.7. The summed E-state index contributed by atoms with van der Waals surface area (Å²) < 4.78 is 4.52. The SMILES string of the molecule is Clc1nc(-c2ccccc2)nc(-c2ccccc2)n1.c1ccc(-c2nc(-c3ccccc3)nc(-n3c4ccccc4c4ccc5ncsc5c43)n2)cc1.c1ccc2c(c1)[nH]c1c2ccc2ncsc21. The highest BCUT2D eigenvalue weighted by atomic mass is 35.5. The molecule has 0 radical (unpaired) electrons. The molecule has 0 bridgehead atoms. The van der Waals surface area contributed by atoms with Gasteiger partial charge in [0.15, 0.2) is 23.3 Å². The first-order valence-corrected chi connectivity index (χ1v) is 24.1. The number of thiazole rings is 2. The summed E-state index contributed by atoms with van der Waals surface area (Å²) in [5.74, 6) is 3.05. The van der Waals surface area contributed by atoms with E-state index in [1.54, 1.807) is 22.7 Å². The summed E-state index contributed by atoms with van der Waals surface area (Å²) in [6.07, 6.45) is 0. The minimum atomic E-state index is 0.202. The maximum Gasteiger partial charge on any atom is 0.238 e. The molecule has 0 unspecified atom stereocenters. The van der Waals surface area contributed by atoms with Crippen LogP contribution >= 0.6 is 34.3 Å². The van der Waals surface area contributed by atoms with Gasteiger partial charge in [-0.05, 0) is 48.0 Å². The second-order valence-corrected chi connectivity index (χ2v) is 17.9. The Labute approximate surface area is 407 Å². The van der Waals surface area contributed by atoms with Crippen molar-refractivity contribution >= 4 is 98.3 Å². The zero-order chi connectivity index (χ0) is 46.1. The van der Waals surface area contributed by atoms with Crippen molar-refractivity contribution in [2.45, 2.75) is 0 Å². The maximum atomic E-state index is 5.99. The molecule has 13 heteroatoms. The van der Waals surface area contributed by atoms with Crippen LogP contribution in [-0.4, -0.2) is 49.4 Å². The number of nitrogens with one attached hydrogen (secondary N) is 1. The molecule has 0 aliphatic carbocycles. The fraction of sp³-hybridized carbons (Fsp3) is 0. The summed E-state index contributed by atoms with van der Waals surface area (Å²) in [7, 11) is 0.